The molecule has 1 aliphatic heterocycles. The van der Waals surface area contributed by atoms with Crippen molar-refractivity contribution in [3.8, 4) is 0 Å². The molecule has 2 N–H and O–H groups in total. The Bertz CT molecular complexity index is 653. The fourth-order valence-corrected chi connectivity index (χ4v) is 3.95. The van der Waals surface area contributed by atoms with Gasteiger partial charge in [-0.1, -0.05) is 30.0 Å². The van der Waals surface area contributed by atoms with E-state index in [2.05, 4.69) is 0 Å². The van der Waals surface area contributed by atoms with Gasteiger partial charge in [-0.3, -0.25) is 14.5 Å². The zero-order valence-corrected chi connectivity index (χ0v) is 13.5. The number of amides is 1. The van der Waals surface area contributed by atoms with Crippen molar-refractivity contribution in [2.75, 3.05) is 0 Å². The largest absolute Gasteiger partial charge is 0.481 e. The highest BCUT2D eigenvalue weighted by molar-refractivity contribution is 8.26. The van der Waals surface area contributed by atoms with Crippen molar-refractivity contribution in [2.24, 2.45) is 0 Å². The van der Waals surface area contributed by atoms with Gasteiger partial charge in [0.25, 0.3) is 5.91 Å². The zero-order chi connectivity index (χ0) is 16.3. The van der Waals surface area contributed by atoms with Crippen molar-refractivity contribution in [3.63, 3.8) is 0 Å². The molecule has 1 aromatic heterocycles. The molecule has 1 saturated heterocycles. The minimum Gasteiger partial charge on any atom is -0.481 e. The van der Waals surface area contributed by atoms with Crippen LogP contribution in [0, 0.1) is 0 Å². The summed E-state index contributed by atoms with van der Waals surface area (Å²) in [6, 6.07) is 2.40. The van der Waals surface area contributed by atoms with E-state index in [9.17, 15) is 19.5 Å². The van der Waals surface area contributed by atoms with Crippen LogP contribution in [0.4, 0.5) is 0 Å². The second-order valence-electron chi connectivity index (χ2n) is 4.35. The number of aliphatic carboxylic acids is 2. The summed E-state index contributed by atoms with van der Waals surface area (Å²) < 4.78 is 0.130. The standard InChI is InChI=1S/C13H11NO5S3/c15-10(16)4-3-8(12(18)19)14-11(17)9(22-13(14)20)6-7-2-1-5-21-7/h1-2,5-6,8H,3-4H2,(H,15,16)(H,18,19)/b9-6-. The predicted octanol–water partition coefficient (Wildman–Crippen LogP) is 2.27. The highest BCUT2D eigenvalue weighted by atomic mass is 32.2. The van der Waals surface area contributed by atoms with E-state index in [1.54, 1.807) is 6.08 Å². The van der Waals surface area contributed by atoms with Crippen molar-refractivity contribution < 1.29 is 24.6 Å². The molecule has 0 aliphatic carbocycles. The van der Waals surface area contributed by atoms with E-state index in [4.69, 9.17) is 17.3 Å². The van der Waals surface area contributed by atoms with Crippen molar-refractivity contribution in [3.05, 3.63) is 27.3 Å². The van der Waals surface area contributed by atoms with Crippen LogP contribution in [-0.4, -0.2) is 43.3 Å². The van der Waals surface area contributed by atoms with Crippen LogP contribution >= 0.6 is 35.3 Å². The highest BCUT2D eigenvalue weighted by Crippen LogP contribution is 2.35. The number of carboxylic acids is 2. The summed E-state index contributed by atoms with van der Waals surface area (Å²) in [6.45, 7) is 0. The first-order valence-corrected chi connectivity index (χ1v) is 8.25. The molecule has 116 valence electrons. The van der Waals surface area contributed by atoms with Gasteiger partial charge >= 0.3 is 11.9 Å². The second-order valence-corrected chi connectivity index (χ2v) is 7.01. The first kappa shape index (κ1) is 16.7. The third kappa shape index (κ3) is 3.73. The molecule has 22 heavy (non-hydrogen) atoms. The number of hydrogen-bond acceptors (Lipinski definition) is 6. The molecular weight excluding hydrogens is 346 g/mol. The van der Waals surface area contributed by atoms with Crippen LogP contribution in [0.2, 0.25) is 0 Å². The van der Waals surface area contributed by atoms with Gasteiger partial charge in [-0.25, -0.2) is 4.79 Å². The van der Waals surface area contributed by atoms with E-state index >= 15 is 0 Å². The van der Waals surface area contributed by atoms with Gasteiger partial charge in [-0.2, -0.15) is 0 Å². The fraction of sp³-hybridized carbons (Fsp3) is 0.231. The van der Waals surface area contributed by atoms with Crippen LogP contribution in [-0.2, 0) is 14.4 Å². The lowest BCUT2D eigenvalue weighted by Gasteiger charge is -2.22. The first-order valence-electron chi connectivity index (χ1n) is 6.15. The number of thiophene rings is 1. The summed E-state index contributed by atoms with van der Waals surface area (Å²) in [5, 5.41) is 19.8. The Hall–Kier alpha value is -1.71. The Balaban J connectivity index is 2.22. The summed E-state index contributed by atoms with van der Waals surface area (Å²) in [4.78, 5) is 36.5. The molecule has 0 radical (unpaired) electrons. The summed E-state index contributed by atoms with van der Waals surface area (Å²) in [7, 11) is 0. The number of hydrogen-bond donors (Lipinski definition) is 2. The Morgan fingerprint density at radius 3 is 2.68 bits per heavy atom. The maximum absolute atomic E-state index is 12.4. The summed E-state index contributed by atoms with van der Waals surface area (Å²) in [5.74, 6) is -2.89. The van der Waals surface area contributed by atoms with E-state index in [1.165, 1.54) is 11.3 Å². The minimum atomic E-state index is -1.27. The third-order valence-electron chi connectivity index (χ3n) is 2.87. The van der Waals surface area contributed by atoms with Gasteiger partial charge in [0.15, 0.2) is 0 Å². The summed E-state index contributed by atoms with van der Waals surface area (Å²) in [6.07, 6.45) is 1.11. The molecular formula is C13H11NO5S3. The second kappa shape index (κ2) is 7.03. The Morgan fingerprint density at radius 1 is 1.41 bits per heavy atom. The van der Waals surface area contributed by atoms with Gasteiger partial charge in [0.1, 0.15) is 10.4 Å². The van der Waals surface area contributed by atoms with Gasteiger partial charge in [0, 0.05) is 11.3 Å². The lowest BCUT2D eigenvalue weighted by atomic mass is 10.1. The summed E-state index contributed by atoms with van der Waals surface area (Å²) in [5.41, 5.74) is 0. The lowest BCUT2D eigenvalue weighted by Crippen LogP contribution is -2.44. The number of nitrogens with zero attached hydrogens (tertiary/aromatic N) is 1. The molecule has 6 nitrogen and oxygen atoms in total. The maximum atomic E-state index is 12.4. The molecule has 2 rings (SSSR count). The number of thioether (sulfide) groups is 1. The average Bonchev–Trinajstić information content (AvgIpc) is 3.02. The fourth-order valence-electron chi connectivity index (χ4n) is 1.87. The van der Waals surface area contributed by atoms with Crippen molar-refractivity contribution >= 4 is 63.6 Å². The number of carbonyl (C=O) groups is 3. The highest BCUT2D eigenvalue weighted by Gasteiger charge is 2.40. The van der Waals surface area contributed by atoms with E-state index in [1.807, 2.05) is 17.5 Å². The normalized spacial score (nSPS) is 18.0. The molecule has 0 spiro atoms. The third-order valence-corrected chi connectivity index (χ3v) is 5.02. The number of carboxylic acid groups (broad SMARTS) is 2. The van der Waals surface area contributed by atoms with E-state index in [0.29, 0.717) is 4.91 Å². The molecule has 1 aliphatic rings. The molecule has 1 amide bonds. The number of rotatable bonds is 6. The van der Waals surface area contributed by atoms with Crippen LogP contribution in [0.25, 0.3) is 6.08 Å². The van der Waals surface area contributed by atoms with Gasteiger partial charge < -0.3 is 10.2 Å². The van der Waals surface area contributed by atoms with Crippen LogP contribution in [0.3, 0.4) is 0 Å². The Kier molecular flexibility index (Phi) is 5.33. The van der Waals surface area contributed by atoms with E-state index in [-0.39, 0.29) is 17.2 Å². The predicted molar refractivity (Wildman–Crippen MR) is 87.6 cm³/mol. The molecule has 9 heteroatoms. The molecule has 1 aromatic rings. The van der Waals surface area contributed by atoms with Gasteiger partial charge in [-0.15, -0.1) is 11.3 Å². The van der Waals surface area contributed by atoms with Crippen molar-refractivity contribution in [1.29, 1.82) is 0 Å². The number of carbonyl (C=O) groups excluding carboxylic acids is 1. The quantitative estimate of drug-likeness (QED) is 0.595. The molecule has 2 heterocycles. The maximum Gasteiger partial charge on any atom is 0.326 e. The smallest absolute Gasteiger partial charge is 0.326 e. The van der Waals surface area contributed by atoms with Crippen LogP contribution in [0.1, 0.15) is 17.7 Å². The monoisotopic (exact) mass is 357 g/mol. The minimum absolute atomic E-state index is 0.130. The van der Waals surface area contributed by atoms with Gasteiger partial charge in [0.2, 0.25) is 0 Å². The first-order chi connectivity index (χ1) is 10.4. The van der Waals surface area contributed by atoms with Crippen molar-refractivity contribution in [2.45, 2.75) is 18.9 Å². The molecule has 1 atom stereocenters. The number of thiocarbonyl (C=S) groups is 1. The average molecular weight is 357 g/mol. The van der Waals surface area contributed by atoms with Gasteiger partial charge in [0.05, 0.1) is 4.91 Å². The van der Waals surface area contributed by atoms with Crippen molar-refractivity contribution in [1.82, 2.24) is 4.90 Å². The van der Waals surface area contributed by atoms with E-state index in [0.717, 1.165) is 21.5 Å². The zero-order valence-electron chi connectivity index (χ0n) is 11.1. The summed E-state index contributed by atoms with van der Waals surface area (Å²) >= 11 is 7.56. The molecule has 0 aromatic carbocycles. The topological polar surface area (TPSA) is 94.9 Å². The lowest BCUT2D eigenvalue weighted by molar-refractivity contribution is -0.146. The molecule has 0 bridgehead atoms. The Morgan fingerprint density at radius 2 is 2.14 bits per heavy atom. The van der Waals surface area contributed by atoms with Crippen LogP contribution < -0.4 is 0 Å². The molecule has 1 fully saturated rings. The van der Waals surface area contributed by atoms with Crippen LogP contribution in [0.15, 0.2) is 22.4 Å². The SMILES string of the molecule is O=C(O)CCC(C(=O)O)N1C(=O)/C(=C/c2cccs2)SC1=S. The Labute approximate surface area is 139 Å². The van der Waals surface area contributed by atoms with E-state index < -0.39 is 23.9 Å². The molecule has 1 unspecified atom stereocenters. The van der Waals surface area contributed by atoms with Crippen LogP contribution in [0.5, 0.6) is 0 Å². The van der Waals surface area contributed by atoms with Gasteiger partial charge in [-0.05, 0) is 23.9 Å². The molecule has 0 saturated carbocycles.